The first-order valence-corrected chi connectivity index (χ1v) is 7.98. The molecule has 2 rings (SSSR count). The Morgan fingerprint density at radius 1 is 1.30 bits per heavy atom. The van der Waals surface area contributed by atoms with Crippen LogP contribution in [0, 0.1) is 6.92 Å². The van der Waals surface area contributed by atoms with Crippen LogP contribution in [-0.2, 0) is 16.6 Å². The summed E-state index contributed by atoms with van der Waals surface area (Å²) in [7, 11) is -3.63. The minimum atomic E-state index is -3.63. The van der Waals surface area contributed by atoms with Crippen molar-refractivity contribution < 1.29 is 8.42 Å². The first-order chi connectivity index (χ1) is 9.38. The molecule has 2 aromatic rings. The molecule has 0 bridgehead atoms. The predicted octanol–water partition coefficient (Wildman–Crippen LogP) is 1.61. The summed E-state index contributed by atoms with van der Waals surface area (Å²) in [6, 6.07) is 4.46. The number of anilines is 1. The Balaban J connectivity index is 2.14. The van der Waals surface area contributed by atoms with E-state index >= 15 is 0 Å². The fraction of sp³-hybridized carbons (Fsp3) is 0.167. The fourth-order valence-corrected chi connectivity index (χ4v) is 2.73. The zero-order chi connectivity index (χ0) is 14.8. The smallest absolute Gasteiger partial charge is 0.240 e. The van der Waals surface area contributed by atoms with Crippen LogP contribution in [0.2, 0.25) is 0 Å². The molecule has 20 heavy (non-hydrogen) atoms. The van der Waals surface area contributed by atoms with Crippen molar-refractivity contribution in [3.63, 3.8) is 0 Å². The third kappa shape index (κ3) is 3.53. The average molecular weight is 357 g/mol. The number of benzene rings is 1. The highest BCUT2D eigenvalue weighted by Gasteiger charge is 2.15. The Labute approximate surface area is 125 Å². The Morgan fingerprint density at radius 3 is 2.65 bits per heavy atom. The van der Waals surface area contributed by atoms with Crippen molar-refractivity contribution in [2.75, 3.05) is 5.73 Å². The lowest BCUT2D eigenvalue weighted by Gasteiger charge is -2.08. The molecule has 0 aliphatic carbocycles. The van der Waals surface area contributed by atoms with E-state index in [4.69, 9.17) is 5.73 Å². The molecule has 1 aromatic carbocycles. The number of halogens is 1. The second-order valence-corrected chi connectivity index (χ2v) is 6.78. The maximum atomic E-state index is 12.1. The molecule has 106 valence electrons. The van der Waals surface area contributed by atoms with Gasteiger partial charge >= 0.3 is 0 Å². The van der Waals surface area contributed by atoms with Crippen molar-refractivity contribution in [1.29, 1.82) is 0 Å². The van der Waals surface area contributed by atoms with Gasteiger partial charge in [-0.3, -0.25) is 9.97 Å². The molecule has 1 heterocycles. The van der Waals surface area contributed by atoms with E-state index in [-0.39, 0.29) is 11.4 Å². The predicted molar refractivity (Wildman–Crippen MR) is 79.3 cm³/mol. The molecule has 0 aliphatic heterocycles. The summed E-state index contributed by atoms with van der Waals surface area (Å²) < 4.78 is 27.3. The maximum absolute atomic E-state index is 12.1. The molecule has 0 radical (unpaired) electrons. The quantitative estimate of drug-likeness (QED) is 0.810. The van der Waals surface area contributed by atoms with Gasteiger partial charge in [-0.15, -0.1) is 0 Å². The molecular formula is C12H13BrN4O2S. The van der Waals surface area contributed by atoms with E-state index in [2.05, 4.69) is 30.6 Å². The first-order valence-electron chi connectivity index (χ1n) is 5.71. The van der Waals surface area contributed by atoms with Crippen LogP contribution in [-0.4, -0.2) is 18.4 Å². The van der Waals surface area contributed by atoms with E-state index in [9.17, 15) is 8.42 Å². The van der Waals surface area contributed by atoms with Crippen LogP contribution in [0.3, 0.4) is 0 Å². The van der Waals surface area contributed by atoms with Crippen LogP contribution in [0.25, 0.3) is 0 Å². The monoisotopic (exact) mass is 356 g/mol. The molecule has 0 saturated carbocycles. The molecule has 6 nitrogen and oxygen atoms in total. The van der Waals surface area contributed by atoms with Gasteiger partial charge in [0.2, 0.25) is 10.0 Å². The summed E-state index contributed by atoms with van der Waals surface area (Å²) in [5.74, 6) is 0. The van der Waals surface area contributed by atoms with Gasteiger partial charge in [0.15, 0.2) is 0 Å². The van der Waals surface area contributed by atoms with E-state index in [0.717, 1.165) is 5.69 Å². The van der Waals surface area contributed by atoms with Gasteiger partial charge in [-0.2, -0.15) is 0 Å². The maximum Gasteiger partial charge on any atom is 0.240 e. The normalized spacial score (nSPS) is 11.5. The number of nitrogens with two attached hydrogens (primary N) is 1. The molecule has 0 unspecified atom stereocenters. The van der Waals surface area contributed by atoms with Gasteiger partial charge in [-0.25, -0.2) is 13.1 Å². The van der Waals surface area contributed by atoms with Crippen LogP contribution in [0.1, 0.15) is 11.4 Å². The van der Waals surface area contributed by atoms with Crippen LogP contribution >= 0.6 is 15.9 Å². The highest BCUT2D eigenvalue weighted by atomic mass is 79.9. The molecule has 8 heteroatoms. The van der Waals surface area contributed by atoms with Crippen molar-refractivity contribution in [2.45, 2.75) is 18.4 Å². The highest BCUT2D eigenvalue weighted by molar-refractivity contribution is 9.10. The summed E-state index contributed by atoms with van der Waals surface area (Å²) in [4.78, 5) is 8.25. The van der Waals surface area contributed by atoms with Crippen LogP contribution < -0.4 is 10.5 Å². The Hall–Kier alpha value is -1.51. The topological polar surface area (TPSA) is 98.0 Å². The number of nitrogens with zero attached hydrogens (tertiary/aromatic N) is 2. The average Bonchev–Trinajstić information content (AvgIpc) is 2.41. The van der Waals surface area contributed by atoms with E-state index < -0.39 is 10.0 Å². The number of sulfonamides is 1. The zero-order valence-electron chi connectivity index (χ0n) is 10.7. The van der Waals surface area contributed by atoms with E-state index in [1.54, 1.807) is 12.3 Å². The van der Waals surface area contributed by atoms with E-state index in [1.165, 1.54) is 18.3 Å². The number of nitrogens with one attached hydrogen (secondary N) is 1. The third-order valence-corrected chi connectivity index (χ3v) is 4.68. The summed E-state index contributed by atoms with van der Waals surface area (Å²) in [5.41, 5.74) is 7.36. The van der Waals surface area contributed by atoms with E-state index in [0.29, 0.717) is 15.9 Å². The lowest BCUT2D eigenvalue weighted by atomic mass is 10.3. The lowest BCUT2D eigenvalue weighted by molar-refractivity contribution is 0.580. The Kier molecular flexibility index (Phi) is 4.36. The van der Waals surface area contributed by atoms with Crippen LogP contribution in [0.5, 0.6) is 0 Å². The number of aromatic nitrogens is 2. The molecule has 0 aliphatic rings. The standard InChI is InChI=1S/C12H13BrN4O2S/c1-8-5-16-9(6-15-8)7-17-20(18,19)10-2-3-11(13)12(14)4-10/h2-6,17H,7,14H2,1H3. The van der Waals surface area contributed by atoms with Crippen LogP contribution in [0.4, 0.5) is 5.69 Å². The first kappa shape index (κ1) is 14.9. The molecule has 1 aromatic heterocycles. The van der Waals surface area contributed by atoms with Crippen LogP contribution in [0.15, 0.2) is 40.0 Å². The highest BCUT2D eigenvalue weighted by Crippen LogP contribution is 2.22. The number of rotatable bonds is 4. The van der Waals surface area contributed by atoms with Gasteiger partial charge in [-0.1, -0.05) is 0 Å². The lowest BCUT2D eigenvalue weighted by Crippen LogP contribution is -2.24. The molecular weight excluding hydrogens is 344 g/mol. The zero-order valence-corrected chi connectivity index (χ0v) is 13.1. The number of nitrogen functional groups attached to an aromatic ring is 1. The molecule has 3 N–H and O–H groups in total. The van der Waals surface area contributed by atoms with Crippen molar-refractivity contribution in [2.24, 2.45) is 0 Å². The summed E-state index contributed by atoms with van der Waals surface area (Å²) >= 11 is 3.22. The molecule has 0 atom stereocenters. The molecule has 0 spiro atoms. The summed E-state index contributed by atoms with van der Waals surface area (Å²) in [5, 5.41) is 0. The van der Waals surface area contributed by atoms with Gasteiger partial charge in [-0.05, 0) is 41.1 Å². The SMILES string of the molecule is Cc1cnc(CNS(=O)(=O)c2ccc(Br)c(N)c2)cn1. The van der Waals surface area contributed by atoms with Crippen molar-refractivity contribution in [3.05, 3.63) is 46.5 Å². The summed E-state index contributed by atoms with van der Waals surface area (Å²) in [6.07, 6.45) is 3.12. The van der Waals surface area contributed by atoms with Crippen molar-refractivity contribution >= 4 is 31.6 Å². The van der Waals surface area contributed by atoms with Gasteiger partial charge in [0, 0.05) is 16.4 Å². The van der Waals surface area contributed by atoms with Gasteiger partial charge in [0.05, 0.1) is 29.0 Å². The van der Waals surface area contributed by atoms with Crippen molar-refractivity contribution in [3.8, 4) is 0 Å². The number of aryl methyl sites for hydroxylation is 1. The second kappa shape index (κ2) is 5.86. The minimum Gasteiger partial charge on any atom is -0.398 e. The largest absolute Gasteiger partial charge is 0.398 e. The minimum absolute atomic E-state index is 0.0750. The second-order valence-electron chi connectivity index (χ2n) is 4.16. The summed E-state index contributed by atoms with van der Waals surface area (Å²) in [6.45, 7) is 1.89. The molecule has 0 saturated heterocycles. The third-order valence-electron chi connectivity index (χ3n) is 2.56. The van der Waals surface area contributed by atoms with Gasteiger partial charge in [0.1, 0.15) is 0 Å². The molecule has 0 amide bonds. The van der Waals surface area contributed by atoms with Crippen molar-refractivity contribution in [1.82, 2.24) is 14.7 Å². The number of hydrogen-bond acceptors (Lipinski definition) is 5. The molecule has 0 fully saturated rings. The van der Waals surface area contributed by atoms with Gasteiger partial charge in [0.25, 0.3) is 0 Å². The number of hydrogen-bond donors (Lipinski definition) is 2. The van der Waals surface area contributed by atoms with E-state index in [1.807, 2.05) is 6.92 Å². The fourth-order valence-electron chi connectivity index (χ4n) is 1.45. The Morgan fingerprint density at radius 2 is 2.05 bits per heavy atom. The Bertz CT molecular complexity index is 717. The van der Waals surface area contributed by atoms with Gasteiger partial charge < -0.3 is 5.73 Å².